The average Bonchev–Trinajstić information content (AvgIpc) is 3.28. The van der Waals surface area contributed by atoms with Gasteiger partial charge in [-0.05, 0) is 60.2 Å². The maximum absolute atomic E-state index is 12.4. The first kappa shape index (κ1) is 25.0. The number of rotatable bonds is 8. The van der Waals surface area contributed by atoms with E-state index < -0.39 is 0 Å². The summed E-state index contributed by atoms with van der Waals surface area (Å²) in [6.07, 6.45) is 3.13. The molecule has 3 aromatic carbocycles. The molecule has 1 amide bonds. The van der Waals surface area contributed by atoms with Crippen LogP contribution in [0, 0.1) is 0 Å². The van der Waals surface area contributed by atoms with E-state index in [1.165, 1.54) is 18.0 Å². The lowest BCUT2D eigenvalue weighted by atomic mass is 10.2. The number of carbonyl (C=O) groups excluding carboxylic acids is 1. The van der Waals surface area contributed by atoms with E-state index in [2.05, 4.69) is 20.7 Å². The molecule has 0 unspecified atom stereocenters. The summed E-state index contributed by atoms with van der Waals surface area (Å²) in [5.74, 6) is 0.376. The van der Waals surface area contributed by atoms with E-state index in [0.29, 0.717) is 26.1 Å². The Hall–Kier alpha value is -3.10. The van der Waals surface area contributed by atoms with Gasteiger partial charge in [-0.1, -0.05) is 76.9 Å². The van der Waals surface area contributed by atoms with Crippen molar-refractivity contribution in [2.75, 3.05) is 5.75 Å². The molecule has 1 aromatic heterocycles. The predicted octanol–water partition coefficient (Wildman–Crippen LogP) is 6.72. The predicted molar refractivity (Wildman–Crippen MR) is 144 cm³/mol. The van der Waals surface area contributed by atoms with Gasteiger partial charge in [-0.25, -0.2) is 5.43 Å². The van der Waals surface area contributed by atoms with Crippen molar-refractivity contribution in [1.29, 1.82) is 0 Å². The highest BCUT2D eigenvalue weighted by Crippen LogP contribution is 2.29. The van der Waals surface area contributed by atoms with Gasteiger partial charge in [-0.2, -0.15) is 5.10 Å². The molecule has 0 bridgehead atoms. The lowest BCUT2D eigenvalue weighted by Crippen LogP contribution is -2.19. The van der Waals surface area contributed by atoms with Crippen molar-refractivity contribution in [3.05, 3.63) is 99.5 Å². The van der Waals surface area contributed by atoms with Crippen LogP contribution in [0.2, 0.25) is 10.0 Å². The molecule has 176 valence electrons. The smallest absolute Gasteiger partial charge is 0.250 e. The zero-order valence-corrected chi connectivity index (χ0v) is 21.2. The van der Waals surface area contributed by atoms with Gasteiger partial charge in [0, 0.05) is 21.3 Å². The highest BCUT2D eigenvalue weighted by molar-refractivity contribution is 7.99. The number of hydrazone groups is 1. The largest absolute Gasteiger partial charge is 0.272 e. The topological polar surface area (TPSA) is 72.2 Å². The first-order valence-corrected chi connectivity index (χ1v) is 12.5. The molecular weight excluding hydrogens is 525 g/mol. The Balaban J connectivity index is 1.47. The Morgan fingerprint density at radius 1 is 0.943 bits per heavy atom. The highest BCUT2D eigenvalue weighted by Gasteiger charge is 2.17. The second kappa shape index (κ2) is 12.0. The summed E-state index contributed by atoms with van der Waals surface area (Å²) < 4.78 is 1.86. The molecule has 6 nitrogen and oxygen atoms in total. The number of aromatic nitrogens is 3. The zero-order valence-electron chi connectivity index (χ0n) is 18.1. The Morgan fingerprint density at radius 2 is 1.60 bits per heavy atom. The number of benzene rings is 3. The maximum Gasteiger partial charge on any atom is 0.250 e. The third kappa shape index (κ3) is 6.96. The van der Waals surface area contributed by atoms with E-state index in [4.69, 9.17) is 34.8 Å². The number of halogens is 3. The summed E-state index contributed by atoms with van der Waals surface area (Å²) in [7, 11) is 0. The van der Waals surface area contributed by atoms with Crippen LogP contribution < -0.4 is 5.43 Å². The van der Waals surface area contributed by atoms with E-state index in [1.54, 1.807) is 30.3 Å². The SMILES string of the molecule is O=C(CSc1nnc(-c2ccc(Cl)cc2)n1-c1ccc(Cl)cc1)N/N=C\C(Cl)=C\c1ccccc1. The summed E-state index contributed by atoms with van der Waals surface area (Å²) in [5, 5.41) is 14.7. The standard InChI is InChI=1S/C25H18Cl3N5OS/c26-19-8-6-18(7-9-19)24-31-32-25(33(24)22-12-10-20(27)11-13-22)35-16-23(34)30-29-15-21(28)14-17-4-2-1-3-5-17/h1-15H,16H2,(H,30,34)/b21-14-,29-15-. The fourth-order valence-electron chi connectivity index (χ4n) is 3.05. The fraction of sp³-hybridized carbons (Fsp3) is 0.0400. The van der Waals surface area contributed by atoms with E-state index in [1.807, 2.05) is 59.2 Å². The number of hydrogen-bond acceptors (Lipinski definition) is 5. The van der Waals surface area contributed by atoms with Gasteiger partial charge in [0.15, 0.2) is 11.0 Å². The van der Waals surface area contributed by atoms with Gasteiger partial charge in [0.1, 0.15) is 0 Å². The van der Waals surface area contributed by atoms with Crippen molar-refractivity contribution in [3.8, 4) is 17.1 Å². The number of amides is 1. The molecule has 0 saturated heterocycles. The quantitative estimate of drug-likeness (QED) is 0.152. The number of nitrogens with zero attached hydrogens (tertiary/aromatic N) is 4. The third-order valence-corrected chi connectivity index (χ3v) is 6.27. The summed E-state index contributed by atoms with van der Waals surface area (Å²) in [5.41, 5.74) is 5.05. The summed E-state index contributed by atoms with van der Waals surface area (Å²) >= 11 is 19.5. The molecule has 1 heterocycles. The molecule has 1 N–H and O–H groups in total. The van der Waals surface area contributed by atoms with Crippen LogP contribution in [0.3, 0.4) is 0 Å². The van der Waals surface area contributed by atoms with Crippen molar-refractivity contribution >= 4 is 64.8 Å². The second-order valence-corrected chi connectivity index (χ2v) is 9.40. The van der Waals surface area contributed by atoms with Gasteiger partial charge in [0.2, 0.25) is 0 Å². The Bertz CT molecular complexity index is 1350. The molecule has 10 heteroatoms. The van der Waals surface area contributed by atoms with Crippen LogP contribution >= 0.6 is 46.6 Å². The number of thioether (sulfide) groups is 1. The molecule has 0 atom stereocenters. The monoisotopic (exact) mass is 541 g/mol. The molecule has 35 heavy (non-hydrogen) atoms. The summed E-state index contributed by atoms with van der Waals surface area (Å²) in [6, 6.07) is 24.2. The number of nitrogens with one attached hydrogen (secondary N) is 1. The molecule has 0 aliphatic carbocycles. The highest BCUT2D eigenvalue weighted by atomic mass is 35.5. The molecular formula is C25H18Cl3N5OS. The van der Waals surface area contributed by atoms with Crippen LogP contribution in [0.15, 0.2) is 94.2 Å². The molecule has 4 aromatic rings. The molecule has 0 saturated carbocycles. The van der Waals surface area contributed by atoms with Crippen LogP contribution in [0.5, 0.6) is 0 Å². The molecule has 0 radical (unpaired) electrons. The van der Waals surface area contributed by atoms with Gasteiger partial charge in [0.25, 0.3) is 5.91 Å². The van der Waals surface area contributed by atoms with Crippen molar-refractivity contribution in [3.63, 3.8) is 0 Å². The summed E-state index contributed by atoms with van der Waals surface area (Å²) in [6.45, 7) is 0. The molecule has 4 rings (SSSR count). The van der Waals surface area contributed by atoms with Gasteiger partial charge < -0.3 is 0 Å². The lowest BCUT2D eigenvalue weighted by Gasteiger charge is -2.10. The minimum Gasteiger partial charge on any atom is -0.272 e. The minimum atomic E-state index is -0.311. The number of hydrogen-bond donors (Lipinski definition) is 1. The minimum absolute atomic E-state index is 0.0731. The van der Waals surface area contributed by atoms with E-state index in [9.17, 15) is 4.79 Å². The maximum atomic E-state index is 12.4. The first-order valence-electron chi connectivity index (χ1n) is 10.3. The van der Waals surface area contributed by atoms with Gasteiger partial charge >= 0.3 is 0 Å². The second-order valence-electron chi connectivity index (χ2n) is 7.15. The third-order valence-electron chi connectivity index (χ3n) is 4.63. The van der Waals surface area contributed by atoms with Crippen LogP contribution in [-0.2, 0) is 4.79 Å². The van der Waals surface area contributed by atoms with E-state index in [-0.39, 0.29) is 11.7 Å². The van der Waals surface area contributed by atoms with Crippen molar-refractivity contribution < 1.29 is 4.79 Å². The van der Waals surface area contributed by atoms with Gasteiger partial charge in [-0.15, -0.1) is 10.2 Å². The average molecular weight is 543 g/mol. The van der Waals surface area contributed by atoms with Crippen LogP contribution in [0.25, 0.3) is 23.2 Å². The molecule has 0 spiro atoms. The van der Waals surface area contributed by atoms with Crippen LogP contribution in [0.4, 0.5) is 0 Å². The van der Waals surface area contributed by atoms with E-state index in [0.717, 1.165) is 16.8 Å². The summed E-state index contributed by atoms with van der Waals surface area (Å²) in [4.78, 5) is 12.4. The Kier molecular flexibility index (Phi) is 8.60. The lowest BCUT2D eigenvalue weighted by molar-refractivity contribution is -0.118. The molecule has 0 aliphatic heterocycles. The Labute approximate surface area is 221 Å². The Morgan fingerprint density at radius 3 is 2.29 bits per heavy atom. The van der Waals surface area contributed by atoms with Gasteiger partial charge in [0.05, 0.1) is 17.0 Å². The van der Waals surface area contributed by atoms with Crippen molar-refractivity contribution in [1.82, 2.24) is 20.2 Å². The van der Waals surface area contributed by atoms with Crippen molar-refractivity contribution in [2.45, 2.75) is 5.16 Å². The zero-order chi connectivity index (χ0) is 24.6. The number of carbonyl (C=O) groups is 1. The number of allylic oxidation sites excluding steroid dienone is 1. The van der Waals surface area contributed by atoms with E-state index >= 15 is 0 Å². The van der Waals surface area contributed by atoms with Crippen LogP contribution in [0.1, 0.15) is 5.56 Å². The fourth-order valence-corrected chi connectivity index (χ4v) is 4.22. The normalized spacial score (nSPS) is 11.7. The van der Waals surface area contributed by atoms with Crippen molar-refractivity contribution in [2.24, 2.45) is 5.10 Å². The van der Waals surface area contributed by atoms with Crippen LogP contribution in [-0.4, -0.2) is 32.6 Å². The van der Waals surface area contributed by atoms with Gasteiger partial charge in [-0.3, -0.25) is 9.36 Å². The molecule has 0 aliphatic rings. The first-order chi connectivity index (χ1) is 17.0. The molecule has 0 fully saturated rings.